The first-order valence-electron chi connectivity index (χ1n) is 5.84. The highest BCUT2D eigenvalue weighted by Crippen LogP contribution is 2.46. The topological polar surface area (TPSA) is 78.9 Å². The second kappa shape index (κ2) is 3.87. The van der Waals surface area contributed by atoms with Crippen LogP contribution in [0.4, 0.5) is 18.9 Å². The summed E-state index contributed by atoms with van der Waals surface area (Å²) >= 11 is 0. The van der Waals surface area contributed by atoms with Crippen molar-refractivity contribution in [2.24, 2.45) is 10.7 Å². The molecule has 2 heterocycles. The smallest absolute Gasteiger partial charge is 0.338 e. The molecule has 8 heteroatoms. The number of carboxylic acid groups (broad SMARTS) is 1. The molecule has 1 aromatic carbocycles. The molecule has 2 aliphatic rings. The summed E-state index contributed by atoms with van der Waals surface area (Å²) < 4.78 is 40.6. The second-order valence-electron chi connectivity index (χ2n) is 4.87. The molecule has 0 bridgehead atoms. The van der Waals surface area contributed by atoms with Crippen molar-refractivity contribution < 1.29 is 23.1 Å². The van der Waals surface area contributed by atoms with E-state index in [0.717, 1.165) is 12.1 Å². The quantitative estimate of drug-likeness (QED) is 0.825. The number of fused-ring (bicyclic) bond motifs is 3. The average molecular weight is 285 g/mol. The van der Waals surface area contributed by atoms with E-state index in [0.29, 0.717) is 0 Å². The standard InChI is InChI=1S/C12H10F3N3O2/c13-7-2-8-6(1-5(7)10(19)20)9-3-12(14,15)4-18(9)11(16)17-8/h1-2,9H,3-4H2,(H2,16,17)(H,19,20)/t9-/m1/s1. The van der Waals surface area contributed by atoms with Crippen LogP contribution in [0, 0.1) is 5.82 Å². The lowest BCUT2D eigenvalue weighted by atomic mass is 9.97. The number of hydrogen-bond donors (Lipinski definition) is 2. The lowest BCUT2D eigenvalue weighted by Crippen LogP contribution is -2.40. The number of guanidine groups is 1. The van der Waals surface area contributed by atoms with Gasteiger partial charge in [0.2, 0.25) is 0 Å². The third-order valence-electron chi connectivity index (χ3n) is 3.50. The van der Waals surface area contributed by atoms with Gasteiger partial charge in [0.05, 0.1) is 23.8 Å². The molecule has 3 rings (SSSR count). The van der Waals surface area contributed by atoms with Crippen LogP contribution in [0.15, 0.2) is 17.1 Å². The predicted molar refractivity (Wildman–Crippen MR) is 63.7 cm³/mol. The van der Waals surface area contributed by atoms with E-state index in [1.807, 2.05) is 0 Å². The fraction of sp³-hybridized carbons (Fsp3) is 0.333. The van der Waals surface area contributed by atoms with Crippen molar-refractivity contribution in [3.05, 3.63) is 29.1 Å². The zero-order valence-corrected chi connectivity index (χ0v) is 10.1. The van der Waals surface area contributed by atoms with Crippen LogP contribution in [-0.2, 0) is 0 Å². The Hall–Kier alpha value is -2.25. The SMILES string of the molecule is NC1=Nc2cc(F)c(C(=O)O)cc2[C@H]2CC(F)(F)CN12. The maximum absolute atomic E-state index is 13.6. The Morgan fingerprint density at radius 3 is 2.85 bits per heavy atom. The number of hydrogen-bond acceptors (Lipinski definition) is 4. The van der Waals surface area contributed by atoms with Crippen molar-refractivity contribution in [3.8, 4) is 0 Å². The molecular formula is C12H10F3N3O2. The molecule has 1 fully saturated rings. The van der Waals surface area contributed by atoms with Gasteiger partial charge in [-0.3, -0.25) is 0 Å². The number of nitrogens with two attached hydrogens (primary N) is 1. The summed E-state index contributed by atoms with van der Waals surface area (Å²) in [4.78, 5) is 16.0. The average Bonchev–Trinajstić information content (AvgIpc) is 2.64. The van der Waals surface area contributed by atoms with Crippen molar-refractivity contribution in [2.75, 3.05) is 6.54 Å². The Balaban J connectivity index is 2.16. The van der Waals surface area contributed by atoms with Gasteiger partial charge < -0.3 is 15.7 Å². The van der Waals surface area contributed by atoms with Crippen LogP contribution in [0.2, 0.25) is 0 Å². The Bertz CT molecular complexity index is 645. The van der Waals surface area contributed by atoms with E-state index in [1.54, 1.807) is 0 Å². The summed E-state index contributed by atoms with van der Waals surface area (Å²) in [5.74, 6) is -5.47. The Kier molecular flexibility index (Phi) is 2.47. The van der Waals surface area contributed by atoms with Crippen molar-refractivity contribution in [1.29, 1.82) is 0 Å². The molecule has 1 atom stereocenters. The molecule has 0 saturated carbocycles. The molecule has 1 saturated heterocycles. The highest BCUT2D eigenvalue weighted by Gasteiger charge is 2.48. The van der Waals surface area contributed by atoms with Crippen LogP contribution < -0.4 is 5.73 Å². The van der Waals surface area contributed by atoms with E-state index in [2.05, 4.69) is 4.99 Å². The summed E-state index contributed by atoms with van der Waals surface area (Å²) in [6.07, 6.45) is -0.499. The zero-order valence-electron chi connectivity index (χ0n) is 10.1. The zero-order chi connectivity index (χ0) is 14.7. The number of alkyl halides is 2. The predicted octanol–water partition coefficient (Wildman–Crippen LogP) is 1.87. The van der Waals surface area contributed by atoms with Crippen molar-refractivity contribution in [2.45, 2.75) is 18.4 Å². The normalized spacial score (nSPS) is 23.1. The lowest BCUT2D eigenvalue weighted by molar-refractivity contribution is 0.0164. The van der Waals surface area contributed by atoms with Gasteiger partial charge in [0, 0.05) is 18.1 Å². The van der Waals surface area contributed by atoms with E-state index < -0.39 is 42.3 Å². The minimum Gasteiger partial charge on any atom is -0.478 e. The van der Waals surface area contributed by atoms with E-state index in [4.69, 9.17) is 10.8 Å². The molecule has 0 unspecified atom stereocenters. The molecular weight excluding hydrogens is 275 g/mol. The highest BCUT2D eigenvalue weighted by atomic mass is 19.3. The number of benzene rings is 1. The number of carboxylic acids is 1. The fourth-order valence-corrected chi connectivity index (χ4v) is 2.63. The number of halogens is 3. The van der Waals surface area contributed by atoms with Gasteiger partial charge in [-0.05, 0) is 6.07 Å². The van der Waals surface area contributed by atoms with E-state index >= 15 is 0 Å². The summed E-state index contributed by atoms with van der Waals surface area (Å²) in [7, 11) is 0. The van der Waals surface area contributed by atoms with Crippen LogP contribution in [0.25, 0.3) is 0 Å². The lowest BCUT2D eigenvalue weighted by Gasteiger charge is -2.30. The van der Waals surface area contributed by atoms with Crippen LogP contribution in [0.1, 0.15) is 28.4 Å². The molecule has 0 spiro atoms. The Morgan fingerprint density at radius 2 is 2.20 bits per heavy atom. The molecule has 20 heavy (non-hydrogen) atoms. The summed E-state index contributed by atoms with van der Waals surface area (Å²) in [5.41, 5.74) is 5.41. The van der Waals surface area contributed by atoms with Gasteiger partial charge in [0.1, 0.15) is 5.82 Å². The van der Waals surface area contributed by atoms with Gasteiger partial charge in [0.15, 0.2) is 5.96 Å². The maximum atomic E-state index is 13.6. The molecule has 106 valence electrons. The van der Waals surface area contributed by atoms with Gasteiger partial charge >= 0.3 is 5.97 Å². The van der Waals surface area contributed by atoms with Crippen LogP contribution in [-0.4, -0.2) is 34.4 Å². The van der Waals surface area contributed by atoms with Crippen molar-refractivity contribution in [3.63, 3.8) is 0 Å². The molecule has 2 aliphatic heterocycles. The summed E-state index contributed by atoms with van der Waals surface area (Å²) in [6, 6.07) is 1.19. The number of nitrogens with zero attached hydrogens (tertiary/aromatic N) is 2. The first-order chi connectivity index (χ1) is 9.28. The Labute approximate surface area is 111 Å². The highest BCUT2D eigenvalue weighted by molar-refractivity contribution is 5.90. The first kappa shape index (κ1) is 12.8. The third-order valence-corrected chi connectivity index (χ3v) is 3.50. The molecule has 0 aliphatic carbocycles. The maximum Gasteiger partial charge on any atom is 0.338 e. The van der Waals surface area contributed by atoms with Gasteiger partial charge in [0.25, 0.3) is 5.92 Å². The van der Waals surface area contributed by atoms with E-state index in [9.17, 15) is 18.0 Å². The number of rotatable bonds is 1. The van der Waals surface area contributed by atoms with Crippen molar-refractivity contribution >= 4 is 17.6 Å². The monoisotopic (exact) mass is 285 g/mol. The summed E-state index contributed by atoms with van der Waals surface area (Å²) in [6.45, 7) is -0.577. The van der Waals surface area contributed by atoms with E-state index in [1.165, 1.54) is 4.90 Å². The summed E-state index contributed by atoms with van der Waals surface area (Å²) in [5, 5.41) is 8.90. The molecule has 0 radical (unpaired) electrons. The van der Waals surface area contributed by atoms with Crippen LogP contribution >= 0.6 is 0 Å². The minimum absolute atomic E-state index is 0.101. The Morgan fingerprint density at radius 1 is 1.50 bits per heavy atom. The largest absolute Gasteiger partial charge is 0.478 e. The molecule has 5 nitrogen and oxygen atoms in total. The van der Waals surface area contributed by atoms with Crippen LogP contribution in [0.3, 0.4) is 0 Å². The van der Waals surface area contributed by atoms with Crippen LogP contribution in [0.5, 0.6) is 0 Å². The molecule has 0 aromatic heterocycles. The fourth-order valence-electron chi connectivity index (χ4n) is 2.63. The van der Waals surface area contributed by atoms with Gasteiger partial charge in [-0.15, -0.1) is 0 Å². The second-order valence-corrected chi connectivity index (χ2v) is 4.87. The number of carbonyl (C=O) groups is 1. The first-order valence-corrected chi connectivity index (χ1v) is 5.84. The van der Waals surface area contributed by atoms with E-state index in [-0.39, 0.29) is 17.2 Å². The van der Waals surface area contributed by atoms with Gasteiger partial charge in [-0.2, -0.15) is 0 Å². The number of aromatic carboxylic acids is 1. The molecule has 1 aromatic rings. The molecule has 0 amide bonds. The van der Waals surface area contributed by atoms with Gasteiger partial charge in [-0.25, -0.2) is 23.0 Å². The minimum atomic E-state index is -2.94. The third kappa shape index (κ3) is 1.79. The van der Waals surface area contributed by atoms with Gasteiger partial charge in [-0.1, -0.05) is 0 Å². The molecule has 3 N–H and O–H groups in total. The van der Waals surface area contributed by atoms with Crippen molar-refractivity contribution in [1.82, 2.24) is 4.90 Å². The number of aliphatic imine (C=N–C) groups is 1.